The van der Waals surface area contributed by atoms with E-state index in [0.29, 0.717) is 5.56 Å². The maximum Gasteiger partial charge on any atom is 0.411 e. The molecule has 0 bridgehead atoms. The molecule has 5 heteroatoms. The lowest BCUT2D eigenvalue weighted by Crippen LogP contribution is -2.29. The number of nitrogens with one attached hydrogen (secondary N) is 1. The number of amides is 2. The molecule has 0 saturated carbocycles. The van der Waals surface area contributed by atoms with E-state index in [-0.39, 0.29) is 5.57 Å². The molecule has 0 atom stereocenters. The van der Waals surface area contributed by atoms with Crippen LogP contribution in [-0.2, 0) is 4.79 Å². The Hall–Kier alpha value is -3.13. The van der Waals surface area contributed by atoms with Gasteiger partial charge in [-0.1, -0.05) is 36.4 Å². The molecule has 20 heavy (non-hydrogen) atoms. The highest BCUT2D eigenvalue weighted by molar-refractivity contribution is 6.07. The normalized spacial score (nSPS) is 10.8. The fraction of sp³-hybridized carbons (Fsp3) is 0. The summed E-state index contributed by atoms with van der Waals surface area (Å²) >= 11 is 0. The van der Waals surface area contributed by atoms with E-state index in [2.05, 4.69) is 0 Å². The highest BCUT2D eigenvalue weighted by Gasteiger charge is 2.11. The van der Waals surface area contributed by atoms with Gasteiger partial charge in [0.15, 0.2) is 0 Å². The van der Waals surface area contributed by atoms with Crippen molar-refractivity contribution < 1.29 is 14.7 Å². The van der Waals surface area contributed by atoms with Crippen LogP contribution in [0.25, 0.3) is 16.8 Å². The number of carbonyl (C=O) groups is 2. The molecule has 2 aromatic rings. The van der Waals surface area contributed by atoms with Crippen molar-refractivity contribution in [1.29, 1.82) is 5.26 Å². The van der Waals surface area contributed by atoms with Gasteiger partial charge in [0.1, 0.15) is 11.6 Å². The quantitative estimate of drug-likeness (QED) is 0.645. The largest absolute Gasteiger partial charge is 0.465 e. The van der Waals surface area contributed by atoms with E-state index in [9.17, 15) is 9.59 Å². The zero-order valence-corrected chi connectivity index (χ0v) is 10.3. The molecule has 0 aliphatic carbocycles. The molecule has 0 aromatic heterocycles. The van der Waals surface area contributed by atoms with Crippen molar-refractivity contribution in [3.05, 3.63) is 53.6 Å². The Morgan fingerprint density at radius 2 is 1.85 bits per heavy atom. The molecular weight excluding hydrogens is 256 g/mol. The van der Waals surface area contributed by atoms with Crippen molar-refractivity contribution in [2.75, 3.05) is 0 Å². The fourth-order valence-electron chi connectivity index (χ4n) is 1.78. The van der Waals surface area contributed by atoms with Gasteiger partial charge in [0, 0.05) is 0 Å². The number of hydrogen-bond acceptors (Lipinski definition) is 3. The van der Waals surface area contributed by atoms with Crippen molar-refractivity contribution in [3.63, 3.8) is 0 Å². The molecule has 2 rings (SSSR count). The summed E-state index contributed by atoms with van der Waals surface area (Å²) in [5.74, 6) is -0.937. The highest BCUT2D eigenvalue weighted by Crippen LogP contribution is 2.17. The Kier molecular flexibility index (Phi) is 3.77. The molecule has 0 spiro atoms. The summed E-state index contributed by atoms with van der Waals surface area (Å²) in [4.78, 5) is 21.9. The first-order valence-electron chi connectivity index (χ1n) is 5.75. The second-order valence-corrected chi connectivity index (χ2v) is 4.04. The van der Waals surface area contributed by atoms with Crippen LogP contribution in [0, 0.1) is 11.3 Å². The maximum absolute atomic E-state index is 11.5. The molecule has 0 unspecified atom stereocenters. The summed E-state index contributed by atoms with van der Waals surface area (Å²) in [7, 11) is 0. The Morgan fingerprint density at radius 3 is 2.50 bits per heavy atom. The van der Waals surface area contributed by atoms with E-state index in [1.807, 2.05) is 36.4 Å². The van der Waals surface area contributed by atoms with Crippen molar-refractivity contribution in [2.45, 2.75) is 0 Å². The number of carbonyl (C=O) groups excluding carboxylic acids is 1. The molecule has 0 fully saturated rings. The topological polar surface area (TPSA) is 90.2 Å². The first-order valence-corrected chi connectivity index (χ1v) is 5.75. The van der Waals surface area contributed by atoms with E-state index in [1.54, 1.807) is 17.5 Å². The molecule has 2 aromatic carbocycles. The maximum atomic E-state index is 11.5. The average molecular weight is 266 g/mol. The molecule has 2 amide bonds. The van der Waals surface area contributed by atoms with Crippen molar-refractivity contribution in [3.8, 4) is 6.07 Å². The highest BCUT2D eigenvalue weighted by atomic mass is 16.4. The van der Waals surface area contributed by atoms with Gasteiger partial charge in [-0.25, -0.2) is 4.79 Å². The van der Waals surface area contributed by atoms with Crippen LogP contribution in [0.1, 0.15) is 5.56 Å². The molecule has 2 N–H and O–H groups in total. The number of nitriles is 1. The lowest BCUT2D eigenvalue weighted by Gasteiger charge is -2.01. The van der Waals surface area contributed by atoms with Crippen LogP contribution < -0.4 is 5.32 Å². The summed E-state index contributed by atoms with van der Waals surface area (Å²) in [5, 5.41) is 21.0. The third-order valence-corrected chi connectivity index (χ3v) is 2.67. The second-order valence-electron chi connectivity index (χ2n) is 4.04. The van der Waals surface area contributed by atoms with Crippen LogP contribution in [0.3, 0.4) is 0 Å². The molecule has 5 nitrogen and oxygen atoms in total. The molecule has 0 aliphatic rings. The minimum absolute atomic E-state index is 0.261. The Bertz CT molecular complexity index is 757. The van der Waals surface area contributed by atoms with E-state index in [4.69, 9.17) is 10.4 Å². The van der Waals surface area contributed by atoms with Crippen LogP contribution in [0.4, 0.5) is 4.79 Å². The smallest absolute Gasteiger partial charge is 0.411 e. The van der Waals surface area contributed by atoms with Crippen molar-refractivity contribution >= 4 is 28.8 Å². The van der Waals surface area contributed by atoms with Gasteiger partial charge >= 0.3 is 6.09 Å². The van der Waals surface area contributed by atoms with E-state index in [0.717, 1.165) is 10.8 Å². The summed E-state index contributed by atoms with van der Waals surface area (Å²) in [6.07, 6.45) is -0.139. The van der Waals surface area contributed by atoms with Crippen LogP contribution in [0.5, 0.6) is 0 Å². The van der Waals surface area contributed by atoms with Gasteiger partial charge in [-0.2, -0.15) is 5.26 Å². The number of rotatable bonds is 2. The molecule has 0 saturated heterocycles. The van der Waals surface area contributed by atoms with Crippen molar-refractivity contribution in [1.82, 2.24) is 5.32 Å². The van der Waals surface area contributed by atoms with E-state index in [1.165, 1.54) is 6.08 Å². The number of nitrogens with zero attached hydrogens (tertiary/aromatic N) is 1. The van der Waals surface area contributed by atoms with E-state index >= 15 is 0 Å². The molecule has 0 heterocycles. The molecule has 0 aliphatic heterocycles. The van der Waals surface area contributed by atoms with Crippen molar-refractivity contribution in [2.24, 2.45) is 0 Å². The Balaban J connectivity index is 2.37. The summed E-state index contributed by atoms with van der Waals surface area (Å²) in [6, 6.07) is 14.8. The van der Waals surface area contributed by atoms with Crippen LogP contribution in [0.15, 0.2) is 48.0 Å². The monoisotopic (exact) mass is 266 g/mol. The third kappa shape index (κ3) is 3.00. The van der Waals surface area contributed by atoms with Crippen LogP contribution >= 0.6 is 0 Å². The van der Waals surface area contributed by atoms with Gasteiger partial charge < -0.3 is 5.11 Å². The summed E-state index contributed by atoms with van der Waals surface area (Å²) < 4.78 is 0. The predicted octanol–water partition coefficient (Wildman–Crippen LogP) is 2.54. The first kappa shape index (κ1) is 13.3. The Morgan fingerprint density at radius 1 is 1.15 bits per heavy atom. The van der Waals surface area contributed by atoms with Gasteiger partial charge in [-0.15, -0.1) is 0 Å². The number of carboxylic acid groups (broad SMARTS) is 1. The molecule has 0 radical (unpaired) electrons. The zero-order chi connectivity index (χ0) is 14.5. The third-order valence-electron chi connectivity index (χ3n) is 2.67. The van der Waals surface area contributed by atoms with E-state index < -0.39 is 12.0 Å². The number of hydrogen-bond donors (Lipinski definition) is 2. The Labute approximate surface area is 114 Å². The number of imide groups is 1. The number of fused-ring (bicyclic) bond motifs is 1. The lowest BCUT2D eigenvalue weighted by atomic mass is 10.1. The number of benzene rings is 2. The SMILES string of the molecule is N#C/C(=C/c1ccc2ccccc2c1)C(=O)NC(=O)O. The minimum atomic E-state index is -1.49. The van der Waals surface area contributed by atoms with Gasteiger partial charge in [0.2, 0.25) is 0 Å². The second kappa shape index (κ2) is 5.67. The minimum Gasteiger partial charge on any atom is -0.465 e. The van der Waals surface area contributed by atoms with Gasteiger partial charge in [-0.05, 0) is 28.5 Å². The van der Waals surface area contributed by atoms with Crippen LogP contribution in [-0.4, -0.2) is 17.1 Å². The average Bonchev–Trinajstić information content (AvgIpc) is 2.43. The molecular formula is C15H10N2O3. The zero-order valence-electron chi connectivity index (χ0n) is 10.3. The van der Waals surface area contributed by atoms with Gasteiger partial charge in [0.05, 0.1) is 0 Å². The lowest BCUT2D eigenvalue weighted by molar-refractivity contribution is -0.116. The summed E-state index contributed by atoms with van der Waals surface area (Å²) in [6.45, 7) is 0. The van der Waals surface area contributed by atoms with Gasteiger partial charge in [-0.3, -0.25) is 10.1 Å². The molecule has 98 valence electrons. The predicted molar refractivity (Wildman–Crippen MR) is 73.7 cm³/mol. The fourth-order valence-corrected chi connectivity index (χ4v) is 1.78. The van der Waals surface area contributed by atoms with Gasteiger partial charge in [0.25, 0.3) is 5.91 Å². The van der Waals surface area contributed by atoms with Crippen LogP contribution in [0.2, 0.25) is 0 Å². The first-order chi connectivity index (χ1) is 9.60. The standard InChI is InChI=1S/C15H10N2O3/c16-9-13(14(18)17-15(19)20)8-10-5-6-11-3-1-2-4-12(11)7-10/h1-8H,(H,17,18)(H,19,20)/b13-8-. The summed E-state index contributed by atoms with van der Waals surface area (Å²) in [5.41, 5.74) is 0.392.